The van der Waals surface area contributed by atoms with E-state index in [9.17, 15) is 18.3 Å². The number of fused-ring (bicyclic) bond motifs is 1. The second-order valence-electron chi connectivity index (χ2n) is 3.52. The van der Waals surface area contributed by atoms with Crippen LogP contribution in [-0.4, -0.2) is 16.5 Å². The van der Waals surface area contributed by atoms with Gasteiger partial charge in [0.25, 0.3) is 0 Å². The Bertz CT molecular complexity index is 406. The van der Waals surface area contributed by atoms with Crippen LogP contribution in [0.25, 0.3) is 0 Å². The molecule has 1 aromatic rings. The first kappa shape index (κ1) is 11.7. The molecule has 2 atom stereocenters. The first-order valence-corrected chi connectivity index (χ1v) is 5.47. The van der Waals surface area contributed by atoms with E-state index in [0.29, 0.717) is 5.56 Å². The molecule has 0 aromatic heterocycles. The molecule has 1 heterocycles. The Balaban J connectivity index is 2.41. The zero-order valence-corrected chi connectivity index (χ0v) is 9.55. The number of alkyl halides is 4. The van der Waals surface area contributed by atoms with Gasteiger partial charge in [0, 0.05) is 5.56 Å². The van der Waals surface area contributed by atoms with E-state index in [0.717, 1.165) is 12.1 Å². The fraction of sp³-hybridized carbons (Fsp3) is 0.400. The molecule has 0 spiro atoms. The molecule has 2 rings (SSSR count). The molecular formula is C10H8BrF3O2. The molecule has 1 N–H and O–H groups in total. The summed E-state index contributed by atoms with van der Waals surface area (Å²) < 4.78 is 42.3. The Morgan fingerprint density at radius 2 is 2.06 bits per heavy atom. The lowest BCUT2D eigenvalue weighted by molar-refractivity contribution is -0.137. The minimum atomic E-state index is -4.39. The zero-order chi connectivity index (χ0) is 11.9. The summed E-state index contributed by atoms with van der Waals surface area (Å²) in [5, 5.41) is 9.72. The van der Waals surface area contributed by atoms with Gasteiger partial charge in [0.05, 0.1) is 16.5 Å². The van der Waals surface area contributed by atoms with E-state index in [1.807, 2.05) is 0 Å². The van der Waals surface area contributed by atoms with Crippen LogP contribution in [0.15, 0.2) is 18.2 Å². The van der Waals surface area contributed by atoms with Crippen molar-refractivity contribution in [2.24, 2.45) is 0 Å². The normalized spacial score (nSPS) is 24.8. The van der Waals surface area contributed by atoms with Crippen LogP contribution in [0.3, 0.4) is 0 Å². The van der Waals surface area contributed by atoms with Crippen LogP contribution < -0.4 is 4.74 Å². The highest BCUT2D eigenvalue weighted by Crippen LogP contribution is 2.39. The maximum absolute atomic E-state index is 12.4. The van der Waals surface area contributed by atoms with E-state index < -0.39 is 17.8 Å². The standard InChI is InChI=1S/C10H8BrF3O2/c11-7-4-16-8-3-5(10(12,13)14)1-2-6(8)9(7)15/h1-3,7,9,15H,4H2/t7-,9+/m0/s1. The first-order chi connectivity index (χ1) is 7.39. The smallest absolute Gasteiger partial charge is 0.416 e. The highest BCUT2D eigenvalue weighted by atomic mass is 79.9. The minimum Gasteiger partial charge on any atom is -0.492 e. The monoisotopic (exact) mass is 296 g/mol. The van der Waals surface area contributed by atoms with Crippen molar-refractivity contribution in [3.05, 3.63) is 29.3 Å². The molecule has 0 radical (unpaired) electrons. The van der Waals surface area contributed by atoms with Crippen molar-refractivity contribution in [1.29, 1.82) is 0 Å². The van der Waals surface area contributed by atoms with E-state index in [1.165, 1.54) is 6.07 Å². The number of halogens is 4. The van der Waals surface area contributed by atoms with E-state index in [-0.39, 0.29) is 17.2 Å². The molecule has 0 saturated heterocycles. The Morgan fingerprint density at radius 1 is 1.38 bits per heavy atom. The predicted molar refractivity (Wildman–Crippen MR) is 54.6 cm³/mol. The molecule has 1 aromatic carbocycles. The van der Waals surface area contributed by atoms with Crippen molar-refractivity contribution in [3.63, 3.8) is 0 Å². The Morgan fingerprint density at radius 3 is 2.69 bits per heavy atom. The van der Waals surface area contributed by atoms with Gasteiger partial charge in [0.15, 0.2) is 0 Å². The highest BCUT2D eigenvalue weighted by molar-refractivity contribution is 9.09. The third-order valence-corrected chi connectivity index (χ3v) is 3.17. The first-order valence-electron chi connectivity index (χ1n) is 4.55. The molecular weight excluding hydrogens is 289 g/mol. The van der Waals surface area contributed by atoms with Crippen LogP contribution in [0.1, 0.15) is 17.2 Å². The molecule has 16 heavy (non-hydrogen) atoms. The average molecular weight is 297 g/mol. The fourth-order valence-electron chi connectivity index (χ4n) is 1.54. The van der Waals surface area contributed by atoms with Gasteiger partial charge >= 0.3 is 6.18 Å². The van der Waals surface area contributed by atoms with Gasteiger partial charge in [-0.3, -0.25) is 0 Å². The number of benzene rings is 1. The van der Waals surface area contributed by atoms with E-state index in [2.05, 4.69) is 15.9 Å². The summed E-state index contributed by atoms with van der Waals surface area (Å²) in [7, 11) is 0. The largest absolute Gasteiger partial charge is 0.492 e. The van der Waals surface area contributed by atoms with Gasteiger partial charge in [0.1, 0.15) is 12.4 Å². The number of aliphatic hydroxyl groups is 1. The molecule has 2 nitrogen and oxygen atoms in total. The number of rotatable bonds is 0. The summed E-state index contributed by atoms with van der Waals surface area (Å²) in [5.41, 5.74) is -0.396. The van der Waals surface area contributed by atoms with Gasteiger partial charge in [-0.05, 0) is 12.1 Å². The summed E-state index contributed by atoms with van der Waals surface area (Å²) in [5.74, 6) is 0.0954. The predicted octanol–water partition coefficient (Wildman–Crippen LogP) is 2.89. The fourth-order valence-corrected chi connectivity index (χ4v) is 1.95. The van der Waals surface area contributed by atoms with Crippen LogP contribution >= 0.6 is 15.9 Å². The number of hydrogen-bond donors (Lipinski definition) is 1. The molecule has 6 heteroatoms. The summed E-state index contributed by atoms with van der Waals surface area (Å²) in [6, 6.07) is 3.10. The lowest BCUT2D eigenvalue weighted by Crippen LogP contribution is -2.26. The van der Waals surface area contributed by atoms with Crippen molar-refractivity contribution in [2.75, 3.05) is 6.61 Å². The maximum atomic E-state index is 12.4. The van der Waals surface area contributed by atoms with Gasteiger partial charge in [0.2, 0.25) is 0 Å². The Labute approximate surface area is 98.2 Å². The van der Waals surface area contributed by atoms with Crippen molar-refractivity contribution >= 4 is 15.9 Å². The average Bonchev–Trinajstić information content (AvgIpc) is 2.22. The molecule has 0 bridgehead atoms. The minimum absolute atomic E-state index is 0.0954. The van der Waals surface area contributed by atoms with Gasteiger partial charge < -0.3 is 9.84 Å². The maximum Gasteiger partial charge on any atom is 0.416 e. The summed E-state index contributed by atoms with van der Waals surface area (Å²) >= 11 is 3.18. The molecule has 0 unspecified atom stereocenters. The molecule has 0 fully saturated rings. The SMILES string of the molecule is O[C@@H]1c2ccc(C(F)(F)F)cc2OC[C@@H]1Br. The van der Waals surface area contributed by atoms with Crippen molar-refractivity contribution in [2.45, 2.75) is 17.1 Å². The second-order valence-corrected chi connectivity index (χ2v) is 4.70. The number of hydrogen-bond acceptors (Lipinski definition) is 2. The summed E-state index contributed by atoms with van der Waals surface area (Å²) in [4.78, 5) is -0.295. The highest BCUT2D eigenvalue weighted by Gasteiger charge is 2.34. The summed E-state index contributed by atoms with van der Waals surface area (Å²) in [6.45, 7) is 0.148. The Kier molecular flexibility index (Phi) is 2.88. The molecule has 0 amide bonds. The third kappa shape index (κ3) is 2.04. The van der Waals surface area contributed by atoms with Crippen LogP contribution in [0.4, 0.5) is 13.2 Å². The van der Waals surface area contributed by atoms with Gasteiger partial charge in [-0.2, -0.15) is 13.2 Å². The lowest BCUT2D eigenvalue weighted by Gasteiger charge is -2.27. The summed E-state index contributed by atoms with van der Waals surface area (Å²) in [6.07, 6.45) is -5.24. The van der Waals surface area contributed by atoms with Gasteiger partial charge in [-0.15, -0.1) is 0 Å². The topological polar surface area (TPSA) is 29.5 Å². The van der Waals surface area contributed by atoms with Gasteiger partial charge in [-0.1, -0.05) is 22.0 Å². The molecule has 0 saturated carbocycles. The van der Waals surface area contributed by atoms with E-state index in [1.54, 1.807) is 0 Å². The van der Waals surface area contributed by atoms with Crippen molar-refractivity contribution < 1.29 is 23.0 Å². The molecule has 1 aliphatic rings. The van der Waals surface area contributed by atoms with Crippen LogP contribution in [0, 0.1) is 0 Å². The van der Waals surface area contributed by atoms with E-state index >= 15 is 0 Å². The number of ether oxygens (including phenoxy) is 1. The van der Waals surface area contributed by atoms with E-state index in [4.69, 9.17) is 4.74 Å². The second kappa shape index (κ2) is 3.92. The Hall–Kier alpha value is -0.750. The molecule has 0 aliphatic carbocycles. The molecule has 1 aliphatic heterocycles. The van der Waals surface area contributed by atoms with Crippen LogP contribution in [0.5, 0.6) is 5.75 Å². The van der Waals surface area contributed by atoms with Crippen molar-refractivity contribution in [3.8, 4) is 5.75 Å². The molecule has 88 valence electrons. The van der Waals surface area contributed by atoms with Crippen LogP contribution in [-0.2, 0) is 6.18 Å². The quantitative estimate of drug-likeness (QED) is 0.746. The van der Waals surface area contributed by atoms with Crippen molar-refractivity contribution in [1.82, 2.24) is 0 Å². The third-order valence-electron chi connectivity index (χ3n) is 2.40. The number of aliphatic hydroxyl groups excluding tert-OH is 1. The zero-order valence-electron chi connectivity index (χ0n) is 7.96. The lowest BCUT2D eigenvalue weighted by atomic mass is 10.0. The van der Waals surface area contributed by atoms with Gasteiger partial charge in [-0.25, -0.2) is 0 Å². The van der Waals surface area contributed by atoms with Crippen LogP contribution in [0.2, 0.25) is 0 Å².